The summed E-state index contributed by atoms with van der Waals surface area (Å²) in [4.78, 5) is 12.8. The molecule has 0 aliphatic carbocycles. The van der Waals surface area contributed by atoms with Crippen molar-refractivity contribution in [2.45, 2.75) is 6.61 Å². The third-order valence-electron chi connectivity index (χ3n) is 5.24. The molecule has 0 aliphatic heterocycles. The second kappa shape index (κ2) is 11.1. The van der Waals surface area contributed by atoms with Crippen LogP contribution < -0.4 is 19.6 Å². The van der Waals surface area contributed by atoms with E-state index in [-0.39, 0.29) is 0 Å². The van der Waals surface area contributed by atoms with Gasteiger partial charge in [0.05, 0.1) is 31.0 Å². The fourth-order valence-corrected chi connectivity index (χ4v) is 3.88. The molecule has 0 spiro atoms. The van der Waals surface area contributed by atoms with Crippen LogP contribution in [0.5, 0.6) is 17.2 Å². The summed E-state index contributed by atoms with van der Waals surface area (Å²) in [6.07, 6.45) is 1.47. The number of halogens is 2. The molecule has 4 aromatic rings. The lowest BCUT2D eigenvalue weighted by molar-refractivity contribution is 0.0952. The van der Waals surface area contributed by atoms with Gasteiger partial charge in [0, 0.05) is 5.02 Å². The van der Waals surface area contributed by atoms with E-state index in [0.29, 0.717) is 45.0 Å². The molecule has 4 aromatic carbocycles. The zero-order valence-electron chi connectivity index (χ0n) is 19.0. The van der Waals surface area contributed by atoms with Crippen LogP contribution >= 0.6 is 23.2 Å². The van der Waals surface area contributed by atoms with E-state index >= 15 is 0 Å². The number of methoxy groups -OCH3 is 2. The van der Waals surface area contributed by atoms with Crippen LogP contribution in [0.3, 0.4) is 0 Å². The van der Waals surface area contributed by atoms with Crippen molar-refractivity contribution in [2.75, 3.05) is 14.2 Å². The maximum Gasteiger partial charge on any atom is 0.275 e. The van der Waals surface area contributed by atoms with Crippen molar-refractivity contribution in [3.63, 3.8) is 0 Å². The predicted molar refractivity (Wildman–Crippen MR) is 139 cm³/mol. The van der Waals surface area contributed by atoms with E-state index in [4.69, 9.17) is 37.4 Å². The number of ether oxygens (including phenoxy) is 3. The number of nitrogens with one attached hydrogen (secondary N) is 1. The van der Waals surface area contributed by atoms with Crippen molar-refractivity contribution >= 4 is 46.1 Å². The van der Waals surface area contributed by atoms with Gasteiger partial charge in [-0.3, -0.25) is 4.79 Å². The van der Waals surface area contributed by atoms with Crippen LogP contribution in [0.2, 0.25) is 10.0 Å². The second-order valence-electron chi connectivity index (χ2n) is 7.55. The molecule has 8 heteroatoms. The van der Waals surface area contributed by atoms with Crippen molar-refractivity contribution in [3.05, 3.63) is 99.5 Å². The molecule has 0 saturated carbocycles. The number of fused-ring (bicyclic) bond motifs is 1. The first-order chi connectivity index (χ1) is 17.0. The Morgan fingerprint density at radius 1 is 0.914 bits per heavy atom. The van der Waals surface area contributed by atoms with E-state index in [2.05, 4.69) is 10.5 Å². The molecule has 0 radical (unpaired) electrons. The summed E-state index contributed by atoms with van der Waals surface area (Å²) in [6, 6.07) is 22.0. The number of hydrazone groups is 1. The van der Waals surface area contributed by atoms with Gasteiger partial charge in [-0.15, -0.1) is 0 Å². The van der Waals surface area contributed by atoms with Gasteiger partial charge in [0.1, 0.15) is 12.4 Å². The molecule has 0 fully saturated rings. The van der Waals surface area contributed by atoms with Gasteiger partial charge in [0.25, 0.3) is 5.91 Å². The number of hydrogen-bond acceptors (Lipinski definition) is 5. The average Bonchev–Trinajstić information content (AvgIpc) is 2.87. The van der Waals surface area contributed by atoms with Crippen LogP contribution in [0.25, 0.3) is 10.8 Å². The third kappa shape index (κ3) is 5.85. The number of benzene rings is 4. The van der Waals surface area contributed by atoms with Gasteiger partial charge in [-0.1, -0.05) is 59.6 Å². The van der Waals surface area contributed by atoms with E-state index in [1.165, 1.54) is 20.4 Å². The van der Waals surface area contributed by atoms with Gasteiger partial charge < -0.3 is 14.2 Å². The van der Waals surface area contributed by atoms with Crippen LogP contribution in [-0.4, -0.2) is 26.3 Å². The Kier molecular flexibility index (Phi) is 7.75. The summed E-state index contributed by atoms with van der Waals surface area (Å²) in [5.41, 5.74) is 4.47. The molecule has 178 valence electrons. The van der Waals surface area contributed by atoms with Gasteiger partial charge in [0.15, 0.2) is 11.5 Å². The average molecular weight is 509 g/mol. The molecule has 1 N–H and O–H groups in total. The van der Waals surface area contributed by atoms with Crippen LogP contribution in [0, 0.1) is 0 Å². The number of carbonyl (C=O) groups excluding carboxylic acids is 1. The normalized spacial score (nSPS) is 11.0. The lowest BCUT2D eigenvalue weighted by Crippen LogP contribution is -2.18. The highest BCUT2D eigenvalue weighted by Gasteiger charge is 2.14. The molecule has 4 rings (SSSR count). The topological polar surface area (TPSA) is 69.2 Å². The molecule has 0 aliphatic rings. The van der Waals surface area contributed by atoms with Crippen LogP contribution in [-0.2, 0) is 6.61 Å². The van der Waals surface area contributed by atoms with E-state index in [0.717, 1.165) is 16.3 Å². The fourth-order valence-electron chi connectivity index (χ4n) is 3.48. The highest BCUT2D eigenvalue weighted by Crippen LogP contribution is 2.36. The molecule has 0 aromatic heterocycles. The maximum absolute atomic E-state index is 12.8. The standard InChI is InChI=1S/C27H22Cl2N2O4/c1-33-24-14-20-6-4-3-5-19(20)13-22(24)27(32)31-30-15-18-11-23(29)26(25(12-18)34-2)35-16-17-7-9-21(28)10-8-17/h3-15H,16H2,1-2H3,(H,31,32)/b30-15-. The van der Waals surface area contributed by atoms with Gasteiger partial charge >= 0.3 is 0 Å². The predicted octanol–water partition coefficient (Wildman–Crippen LogP) is 6.51. The highest BCUT2D eigenvalue weighted by atomic mass is 35.5. The van der Waals surface area contributed by atoms with Gasteiger partial charge in [-0.2, -0.15) is 5.10 Å². The quantitative estimate of drug-likeness (QED) is 0.217. The minimum atomic E-state index is -0.398. The lowest BCUT2D eigenvalue weighted by atomic mass is 10.1. The Bertz CT molecular complexity index is 1390. The first kappa shape index (κ1) is 24.4. The van der Waals surface area contributed by atoms with Gasteiger partial charge in [0.2, 0.25) is 0 Å². The minimum Gasteiger partial charge on any atom is -0.496 e. The Morgan fingerprint density at radius 2 is 1.60 bits per heavy atom. The van der Waals surface area contributed by atoms with E-state index in [1.807, 2.05) is 42.5 Å². The third-order valence-corrected chi connectivity index (χ3v) is 5.77. The Morgan fingerprint density at radius 3 is 2.29 bits per heavy atom. The van der Waals surface area contributed by atoms with Crippen LogP contribution in [0.15, 0.2) is 77.9 Å². The number of amides is 1. The monoisotopic (exact) mass is 508 g/mol. The van der Waals surface area contributed by atoms with E-state index in [9.17, 15) is 4.79 Å². The molecule has 0 heterocycles. The molecule has 0 saturated heterocycles. The van der Waals surface area contributed by atoms with Crippen molar-refractivity contribution in [2.24, 2.45) is 5.10 Å². The molecule has 0 unspecified atom stereocenters. The molecular weight excluding hydrogens is 487 g/mol. The van der Waals surface area contributed by atoms with Gasteiger partial charge in [-0.25, -0.2) is 5.43 Å². The smallest absolute Gasteiger partial charge is 0.275 e. The summed E-state index contributed by atoms with van der Waals surface area (Å²) < 4.78 is 16.7. The zero-order valence-corrected chi connectivity index (χ0v) is 20.6. The van der Waals surface area contributed by atoms with Crippen molar-refractivity contribution in [1.82, 2.24) is 5.43 Å². The number of nitrogens with zero attached hydrogens (tertiary/aromatic N) is 1. The summed E-state index contributed by atoms with van der Waals surface area (Å²) in [5.74, 6) is 0.912. The number of hydrogen-bond donors (Lipinski definition) is 1. The Balaban J connectivity index is 1.48. The van der Waals surface area contributed by atoms with E-state index < -0.39 is 5.91 Å². The summed E-state index contributed by atoms with van der Waals surface area (Å²) in [5, 5.41) is 6.98. The molecule has 1 amide bonds. The van der Waals surface area contributed by atoms with Crippen molar-refractivity contribution in [1.29, 1.82) is 0 Å². The largest absolute Gasteiger partial charge is 0.496 e. The van der Waals surface area contributed by atoms with Crippen molar-refractivity contribution in [3.8, 4) is 17.2 Å². The SMILES string of the molecule is COc1cc2ccccc2cc1C(=O)N/N=C\c1cc(Cl)c(OCc2ccc(Cl)cc2)c(OC)c1. The maximum atomic E-state index is 12.8. The number of rotatable bonds is 8. The van der Waals surface area contributed by atoms with Crippen LogP contribution in [0.1, 0.15) is 21.5 Å². The summed E-state index contributed by atoms with van der Waals surface area (Å²) in [7, 11) is 3.05. The molecular formula is C27H22Cl2N2O4. The van der Waals surface area contributed by atoms with Crippen LogP contribution in [0.4, 0.5) is 0 Å². The molecule has 0 bridgehead atoms. The Hall–Kier alpha value is -3.74. The minimum absolute atomic E-state index is 0.296. The van der Waals surface area contributed by atoms with Crippen molar-refractivity contribution < 1.29 is 19.0 Å². The molecule has 6 nitrogen and oxygen atoms in total. The second-order valence-corrected chi connectivity index (χ2v) is 8.39. The molecule has 0 atom stereocenters. The first-order valence-corrected chi connectivity index (χ1v) is 11.4. The lowest BCUT2D eigenvalue weighted by Gasteiger charge is -2.13. The van der Waals surface area contributed by atoms with Gasteiger partial charge in [-0.05, 0) is 58.3 Å². The van der Waals surface area contributed by atoms with E-state index in [1.54, 1.807) is 30.3 Å². The highest BCUT2D eigenvalue weighted by molar-refractivity contribution is 6.32. The molecule has 35 heavy (non-hydrogen) atoms. The number of carbonyl (C=O) groups is 1. The Labute approximate surface area is 213 Å². The fraction of sp³-hybridized carbons (Fsp3) is 0.111. The summed E-state index contributed by atoms with van der Waals surface area (Å²) >= 11 is 12.4. The first-order valence-electron chi connectivity index (χ1n) is 10.6. The summed E-state index contributed by atoms with van der Waals surface area (Å²) in [6.45, 7) is 0.296. The zero-order chi connectivity index (χ0) is 24.8.